The summed E-state index contributed by atoms with van der Waals surface area (Å²) in [7, 11) is 0. The SMILES string of the molecule is [2H]C([2H])([2H])c1nc2cc(C)cc(N)c2c(=O)n1[C@H]1CCC(=O)CC1=O. The number of anilines is 1. The Labute approximate surface area is 131 Å². The van der Waals surface area contributed by atoms with Gasteiger partial charge in [-0.2, -0.15) is 0 Å². The molecule has 1 aromatic heterocycles. The summed E-state index contributed by atoms with van der Waals surface area (Å²) in [5.41, 5.74) is 6.38. The molecule has 1 aliphatic carbocycles. The summed E-state index contributed by atoms with van der Waals surface area (Å²) in [4.78, 5) is 40.9. The van der Waals surface area contributed by atoms with E-state index in [2.05, 4.69) is 4.98 Å². The van der Waals surface area contributed by atoms with Crippen molar-refractivity contribution in [1.82, 2.24) is 9.55 Å². The number of carbonyl (C=O) groups is 2. The Balaban J connectivity index is 2.36. The molecule has 2 N–H and O–H groups in total. The normalized spacial score (nSPS) is 21.5. The summed E-state index contributed by atoms with van der Waals surface area (Å²) in [5.74, 6) is -1.15. The highest BCUT2D eigenvalue weighted by Gasteiger charge is 2.30. The number of fused-ring (bicyclic) bond motifs is 1. The first-order chi connectivity index (χ1) is 11.6. The molecule has 1 heterocycles. The Morgan fingerprint density at radius 2 is 2.14 bits per heavy atom. The highest BCUT2D eigenvalue weighted by atomic mass is 16.2. The third-order valence-corrected chi connectivity index (χ3v) is 3.93. The molecule has 0 saturated heterocycles. The van der Waals surface area contributed by atoms with Crippen molar-refractivity contribution in [2.24, 2.45) is 0 Å². The minimum absolute atomic E-state index is 0.0829. The monoisotopic (exact) mass is 302 g/mol. The second-order valence-corrected chi connectivity index (χ2v) is 5.60. The maximum absolute atomic E-state index is 13.0. The Bertz CT molecular complexity index is 963. The highest BCUT2D eigenvalue weighted by Crippen LogP contribution is 2.25. The highest BCUT2D eigenvalue weighted by molar-refractivity contribution is 6.03. The van der Waals surface area contributed by atoms with E-state index >= 15 is 0 Å². The second kappa shape index (κ2) is 5.05. The molecule has 0 bridgehead atoms. The first-order valence-corrected chi connectivity index (χ1v) is 6.97. The predicted octanol–water partition coefficient (Wildman–Crippen LogP) is 1.46. The number of carbonyl (C=O) groups excluding carboxylic acids is 2. The van der Waals surface area contributed by atoms with Crippen LogP contribution in [0.15, 0.2) is 16.9 Å². The van der Waals surface area contributed by atoms with Crippen LogP contribution in [0.3, 0.4) is 0 Å². The lowest BCUT2D eigenvalue weighted by Gasteiger charge is -2.24. The molecule has 1 atom stereocenters. The quantitative estimate of drug-likeness (QED) is 0.635. The minimum Gasteiger partial charge on any atom is -0.398 e. The largest absolute Gasteiger partial charge is 0.398 e. The van der Waals surface area contributed by atoms with Crippen LogP contribution < -0.4 is 11.3 Å². The molecule has 114 valence electrons. The first-order valence-electron chi connectivity index (χ1n) is 8.47. The van der Waals surface area contributed by atoms with Crippen LogP contribution in [-0.4, -0.2) is 21.1 Å². The van der Waals surface area contributed by atoms with E-state index in [0.717, 1.165) is 10.1 Å². The van der Waals surface area contributed by atoms with Gasteiger partial charge in [-0.3, -0.25) is 19.0 Å². The fourth-order valence-electron chi connectivity index (χ4n) is 2.92. The molecule has 0 unspecified atom stereocenters. The Morgan fingerprint density at radius 1 is 1.36 bits per heavy atom. The van der Waals surface area contributed by atoms with E-state index in [-0.39, 0.29) is 41.6 Å². The summed E-state index contributed by atoms with van der Waals surface area (Å²) >= 11 is 0. The summed E-state index contributed by atoms with van der Waals surface area (Å²) in [5, 5.41) is 0.0864. The predicted molar refractivity (Wildman–Crippen MR) is 82.8 cm³/mol. The molecule has 0 aliphatic heterocycles. The lowest BCUT2D eigenvalue weighted by molar-refractivity contribution is -0.132. The average Bonchev–Trinajstić information content (AvgIpc) is 2.46. The number of nitrogens with zero attached hydrogens (tertiary/aromatic N) is 2. The van der Waals surface area contributed by atoms with E-state index in [1.165, 1.54) is 0 Å². The first kappa shape index (κ1) is 11.1. The minimum atomic E-state index is -2.69. The number of hydrogen-bond acceptors (Lipinski definition) is 5. The second-order valence-electron chi connectivity index (χ2n) is 5.60. The molecule has 3 rings (SSSR count). The van der Waals surface area contributed by atoms with Crippen LogP contribution in [0.5, 0.6) is 0 Å². The number of hydrogen-bond donors (Lipinski definition) is 1. The van der Waals surface area contributed by atoms with Crippen molar-refractivity contribution in [2.75, 3.05) is 5.73 Å². The number of nitrogen functional groups attached to an aromatic ring is 1. The molecule has 1 aromatic carbocycles. The summed E-state index contributed by atoms with van der Waals surface area (Å²) in [6.07, 6.45) is -0.108. The summed E-state index contributed by atoms with van der Waals surface area (Å²) in [6, 6.07) is 2.16. The van der Waals surface area contributed by atoms with E-state index < -0.39 is 30.1 Å². The summed E-state index contributed by atoms with van der Waals surface area (Å²) < 4.78 is 24.1. The van der Waals surface area contributed by atoms with Gasteiger partial charge in [-0.1, -0.05) is 0 Å². The maximum Gasteiger partial charge on any atom is 0.264 e. The fraction of sp³-hybridized carbons (Fsp3) is 0.375. The Morgan fingerprint density at radius 3 is 2.82 bits per heavy atom. The van der Waals surface area contributed by atoms with Gasteiger partial charge in [-0.05, 0) is 37.9 Å². The van der Waals surface area contributed by atoms with Gasteiger partial charge < -0.3 is 5.73 Å². The van der Waals surface area contributed by atoms with Crippen LogP contribution in [0.25, 0.3) is 10.9 Å². The number of nitrogens with two attached hydrogens (primary N) is 1. The van der Waals surface area contributed by atoms with Crippen LogP contribution in [0.4, 0.5) is 5.69 Å². The van der Waals surface area contributed by atoms with Crippen molar-refractivity contribution in [2.45, 2.75) is 39.1 Å². The molecule has 0 amide bonds. The van der Waals surface area contributed by atoms with Crippen LogP contribution >= 0.6 is 0 Å². The fourth-order valence-corrected chi connectivity index (χ4v) is 2.92. The van der Waals surface area contributed by atoms with Gasteiger partial charge in [0, 0.05) is 16.2 Å². The van der Waals surface area contributed by atoms with Gasteiger partial charge >= 0.3 is 0 Å². The van der Waals surface area contributed by atoms with Gasteiger partial charge in [-0.25, -0.2) is 4.98 Å². The zero-order chi connectivity index (χ0) is 18.5. The van der Waals surface area contributed by atoms with E-state index in [1.54, 1.807) is 19.1 Å². The van der Waals surface area contributed by atoms with Crippen LogP contribution in [-0.2, 0) is 9.59 Å². The number of benzene rings is 1. The smallest absolute Gasteiger partial charge is 0.264 e. The molecular weight excluding hydrogens is 282 g/mol. The van der Waals surface area contributed by atoms with Gasteiger partial charge in [0.1, 0.15) is 11.6 Å². The van der Waals surface area contributed by atoms with Gasteiger partial charge in [0.15, 0.2) is 5.78 Å². The molecule has 1 fully saturated rings. The molecule has 6 nitrogen and oxygen atoms in total. The van der Waals surface area contributed by atoms with Crippen molar-refractivity contribution >= 4 is 28.2 Å². The van der Waals surface area contributed by atoms with E-state index in [1.807, 2.05) is 0 Å². The van der Waals surface area contributed by atoms with Crippen molar-refractivity contribution in [1.29, 1.82) is 0 Å². The lowest BCUT2D eigenvalue weighted by Crippen LogP contribution is -2.36. The van der Waals surface area contributed by atoms with E-state index in [4.69, 9.17) is 9.85 Å². The zero-order valence-electron chi connectivity index (χ0n) is 15.0. The molecule has 1 saturated carbocycles. The number of aryl methyl sites for hydroxylation is 2. The lowest BCUT2D eigenvalue weighted by atomic mass is 9.92. The topological polar surface area (TPSA) is 95.0 Å². The van der Waals surface area contributed by atoms with Crippen molar-refractivity contribution in [3.05, 3.63) is 33.9 Å². The molecule has 2 aromatic rings. The molecule has 6 heteroatoms. The summed E-state index contributed by atoms with van der Waals surface area (Å²) in [6.45, 7) is -0.929. The van der Waals surface area contributed by atoms with Gasteiger partial charge in [0.05, 0.1) is 23.4 Å². The molecule has 1 aliphatic rings. The zero-order valence-corrected chi connectivity index (χ0v) is 12.0. The maximum atomic E-state index is 13.0. The van der Waals surface area contributed by atoms with Crippen LogP contribution in [0, 0.1) is 13.8 Å². The van der Waals surface area contributed by atoms with Crippen molar-refractivity contribution in [3.63, 3.8) is 0 Å². The third kappa shape index (κ3) is 2.20. The molecule has 22 heavy (non-hydrogen) atoms. The average molecular weight is 302 g/mol. The Hall–Kier alpha value is -2.50. The standard InChI is InChI=1S/C16H17N3O3/c1-8-5-11(17)15-12(6-8)18-9(2)19(16(15)22)13-4-3-10(20)7-14(13)21/h5-6,13H,3-4,7,17H2,1-2H3/t13-/m0/s1/i2D3. The molecule has 0 spiro atoms. The van der Waals surface area contributed by atoms with E-state index in [9.17, 15) is 14.4 Å². The molecule has 0 radical (unpaired) electrons. The van der Waals surface area contributed by atoms with Crippen molar-refractivity contribution in [3.8, 4) is 0 Å². The Kier molecular flexibility index (Phi) is 2.55. The van der Waals surface area contributed by atoms with Gasteiger partial charge in [0.2, 0.25) is 0 Å². The van der Waals surface area contributed by atoms with Gasteiger partial charge in [-0.15, -0.1) is 0 Å². The number of Topliss-reactive ketones (excluding diaryl/α,β-unsaturated/α-hetero) is 2. The van der Waals surface area contributed by atoms with Crippen molar-refractivity contribution < 1.29 is 13.7 Å². The number of aromatic nitrogens is 2. The van der Waals surface area contributed by atoms with Crippen LogP contribution in [0.1, 0.15) is 40.8 Å². The molecular formula is C16H17N3O3. The van der Waals surface area contributed by atoms with E-state index in [0.29, 0.717) is 0 Å². The third-order valence-electron chi connectivity index (χ3n) is 3.93. The van der Waals surface area contributed by atoms with Gasteiger partial charge in [0.25, 0.3) is 5.56 Å². The number of rotatable bonds is 1. The van der Waals surface area contributed by atoms with Crippen LogP contribution in [0.2, 0.25) is 0 Å². The number of ketones is 2.